The standard InChI is InChI=1S/C38H45F4N5O/c1-5-12-32(39)30-23-28(16-18-33(30)43)36(31(24-38(40,41)42)27-13-7-6-8-14-27)29-17-19-34(44-25-29)47(4)26-37(20-9-10-21-37)45-22-11-15-35(48)46(2)3/h6-8,11-19,23,25,45H,5,9-10,20-22,24,26,43H2,1-4H3/b15-11+,32-12-,36-31-. The van der Waals surface area contributed by atoms with Gasteiger partial charge in [-0.3, -0.25) is 4.79 Å². The van der Waals surface area contributed by atoms with Crippen LogP contribution in [0, 0.1) is 0 Å². The number of nitrogens with two attached hydrogens (primary N) is 1. The number of allylic oxidation sites excluding steroid dienone is 2. The summed E-state index contributed by atoms with van der Waals surface area (Å²) in [6, 6.07) is 16.7. The fraction of sp³-hybridized carbons (Fsp3) is 0.368. The van der Waals surface area contributed by atoms with E-state index in [-0.39, 0.29) is 28.3 Å². The number of hydrogen-bond donors (Lipinski definition) is 2. The molecule has 256 valence electrons. The van der Waals surface area contributed by atoms with Gasteiger partial charge in [0.05, 0.1) is 6.42 Å². The molecule has 10 heteroatoms. The maximum absolute atomic E-state index is 15.1. The molecule has 48 heavy (non-hydrogen) atoms. The zero-order chi connectivity index (χ0) is 34.9. The van der Waals surface area contributed by atoms with Crippen LogP contribution < -0.4 is 16.0 Å². The maximum Gasteiger partial charge on any atom is 0.393 e. The molecule has 0 aliphatic heterocycles. The van der Waals surface area contributed by atoms with E-state index in [1.54, 1.807) is 81.8 Å². The lowest BCUT2D eigenvalue weighted by molar-refractivity contribution is -0.124. The number of likely N-dealkylation sites (N-methyl/N-ethyl adjacent to an activating group) is 2. The molecule has 1 saturated carbocycles. The van der Waals surface area contributed by atoms with Crippen molar-refractivity contribution in [1.82, 2.24) is 15.2 Å². The number of aromatic nitrogens is 1. The summed E-state index contributed by atoms with van der Waals surface area (Å²) in [6.45, 7) is 3.00. The van der Waals surface area contributed by atoms with Crippen molar-refractivity contribution in [2.45, 2.75) is 57.2 Å². The summed E-state index contributed by atoms with van der Waals surface area (Å²) < 4.78 is 57.6. The zero-order valence-corrected chi connectivity index (χ0v) is 28.1. The van der Waals surface area contributed by atoms with Crippen LogP contribution in [-0.2, 0) is 4.79 Å². The molecule has 1 heterocycles. The van der Waals surface area contributed by atoms with Crippen LogP contribution in [0.3, 0.4) is 0 Å². The monoisotopic (exact) mass is 663 g/mol. The predicted molar refractivity (Wildman–Crippen MR) is 188 cm³/mol. The van der Waals surface area contributed by atoms with Crippen LogP contribution in [0.1, 0.15) is 67.7 Å². The van der Waals surface area contributed by atoms with Crippen molar-refractivity contribution in [3.63, 3.8) is 0 Å². The Kier molecular flexibility index (Phi) is 12.2. The van der Waals surface area contributed by atoms with Gasteiger partial charge in [0.25, 0.3) is 0 Å². The highest BCUT2D eigenvalue weighted by molar-refractivity contribution is 5.99. The van der Waals surface area contributed by atoms with Gasteiger partial charge < -0.3 is 20.9 Å². The Morgan fingerprint density at radius 3 is 2.29 bits per heavy atom. The molecule has 1 aromatic heterocycles. The van der Waals surface area contributed by atoms with Crippen LogP contribution in [-0.4, -0.2) is 61.7 Å². The van der Waals surface area contributed by atoms with Gasteiger partial charge in [-0.15, -0.1) is 0 Å². The first-order valence-corrected chi connectivity index (χ1v) is 16.2. The second kappa shape index (κ2) is 16.1. The predicted octanol–water partition coefficient (Wildman–Crippen LogP) is 8.28. The van der Waals surface area contributed by atoms with E-state index >= 15 is 4.39 Å². The highest BCUT2D eigenvalue weighted by atomic mass is 19.4. The smallest absolute Gasteiger partial charge is 0.393 e. The van der Waals surface area contributed by atoms with Crippen molar-refractivity contribution >= 4 is 34.4 Å². The topological polar surface area (TPSA) is 74.5 Å². The van der Waals surface area contributed by atoms with Crippen LogP contribution in [0.25, 0.3) is 17.0 Å². The van der Waals surface area contributed by atoms with E-state index in [9.17, 15) is 18.0 Å². The Hall–Kier alpha value is -4.44. The molecule has 3 aromatic rings. The lowest BCUT2D eigenvalue weighted by Gasteiger charge is -2.35. The molecule has 2 aromatic carbocycles. The number of anilines is 2. The average molecular weight is 664 g/mol. The summed E-state index contributed by atoms with van der Waals surface area (Å²) in [5.41, 5.74) is 7.91. The van der Waals surface area contributed by atoms with Crippen LogP contribution in [0.4, 0.5) is 29.1 Å². The van der Waals surface area contributed by atoms with Crippen molar-refractivity contribution in [3.05, 3.63) is 107 Å². The normalized spacial score (nSPS) is 15.5. The number of nitrogens with zero attached hydrogens (tertiary/aromatic N) is 3. The second-order valence-corrected chi connectivity index (χ2v) is 12.5. The SMILES string of the molecule is CC/C=C(\F)c1cc(/C(=C(\CC(F)(F)F)c2ccccc2)c2ccc(N(C)CC3(NC/C=C/C(=O)N(C)C)CCCC3)nc2)ccc1N. The minimum atomic E-state index is -4.51. The molecule has 1 aliphatic carbocycles. The second-order valence-electron chi connectivity index (χ2n) is 12.5. The number of alkyl halides is 3. The van der Waals surface area contributed by atoms with Crippen molar-refractivity contribution < 1.29 is 22.4 Å². The van der Waals surface area contributed by atoms with E-state index in [0.29, 0.717) is 47.6 Å². The Morgan fingerprint density at radius 2 is 1.69 bits per heavy atom. The number of pyridine rings is 1. The van der Waals surface area contributed by atoms with Crippen LogP contribution in [0.15, 0.2) is 85.1 Å². The van der Waals surface area contributed by atoms with Gasteiger partial charge in [0.1, 0.15) is 11.6 Å². The summed E-state index contributed by atoms with van der Waals surface area (Å²) in [6.07, 6.45) is 5.22. The summed E-state index contributed by atoms with van der Waals surface area (Å²) in [4.78, 5) is 20.2. The molecule has 0 unspecified atom stereocenters. The number of halogens is 4. The maximum atomic E-state index is 15.1. The number of hydrogen-bond acceptors (Lipinski definition) is 5. The fourth-order valence-corrected chi connectivity index (χ4v) is 6.22. The molecule has 1 fully saturated rings. The van der Waals surface area contributed by atoms with E-state index in [0.717, 1.165) is 25.7 Å². The number of benzene rings is 2. The van der Waals surface area contributed by atoms with Crippen molar-refractivity contribution in [2.24, 2.45) is 0 Å². The minimum absolute atomic E-state index is 0.0523. The highest BCUT2D eigenvalue weighted by Gasteiger charge is 2.35. The molecular formula is C38H45F4N5O. The third-order valence-electron chi connectivity index (χ3n) is 8.61. The Bertz CT molecular complexity index is 1620. The number of carbonyl (C=O) groups is 1. The number of amides is 1. The molecule has 3 N–H and O–H groups in total. The van der Waals surface area contributed by atoms with E-state index in [4.69, 9.17) is 10.7 Å². The van der Waals surface area contributed by atoms with Gasteiger partial charge >= 0.3 is 6.18 Å². The average Bonchev–Trinajstić information content (AvgIpc) is 3.51. The Morgan fingerprint density at radius 1 is 1.00 bits per heavy atom. The van der Waals surface area contributed by atoms with Crippen molar-refractivity contribution in [2.75, 3.05) is 44.9 Å². The number of carbonyl (C=O) groups excluding carboxylic acids is 1. The minimum Gasteiger partial charge on any atom is -0.398 e. The van der Waals surface area contributed by atoms with Crippen LogP contribution >= 0.6 is 0 Å². The van der Waals surface area contributed by atoms with Gasteiger partial charge in [0.15, 0.2) is 0 Å². The molecule has 0 atom stereocenters. The molecule has 0 radical (unpaired) electrons. The summed E-state index contributed by atoms with van der Waals surface area (Å²) in [5.74, 6) is 0.0598. The van der Waals surface area contributed by atoms with Crippen molar-refractivity contribution in [3.8, 4) is 0 Å². The number of nitrogens with one attached hydrogen (secondary N) is 1. The molecule has 4 rings (SSSR count). The summed E-state index contributed by atoms with van der Waals surface area (Å²) in [5, 5.41) is 3.64. The summed E-state index contributed by atoms with van der Waals surface area (Å²) in [7, 11) is 5.36. The quantitative estimate of drug-likeness (QED) is 0.0834. The molecule has 0 saturated heterocycles. The first-order valence-electron chi connectivity index (χ1n) is 16.2. The lowest BCUT2D eigenvalue weighted by atomic mass is 9.87. The third-order valence-corrected chi connectivity index (χ3v) is 8.61. The van der Waals surface area contributed by atoms with E-state index < -0.39 is 18.4 Å². The van der Waals surface area contributed by atoms with Gasteiger partial charge in [0, 0.05) is 68.9 Å². The molecular weight excluding hydrogens is 618 g/mol. The third kappa shape index (κ3) is 9.56. The van der Waals surface area contributed by atoms with Gasteiger partial charge in [-0.2, -0.15) is 13.2 Å². The largest absolute Gasteiger partial charge is 0.398 e. The van der Waals surface area contributed by atoms with Gasteiger partial charge in [-0.25, -0.2) is 9.37 Å². The molecule has 0 bridgehead atoms. The van der Waals surface area contributed by atoms with E-state index in [1.807, 2.05) is 18.0 Å². The van der Waals surface area contributed by atoms with Gasteiger partial charge in [-0.05, 0) is 71.9 Å². The summed E-state index contributed by atoms with van der Waals surface area (Å²) >= 11 is 0. The molecule has 0 spiro atoms. The molecule has 1 amide bonds. The fourth-order valence-electron chi connectivity index (χ4n) is 6.22. The highest BCUT2D eigenvalue weighted by Crippen LogP contribution is 2.41. The molecule has 6 nitrogen and oxygen atoms in total. The zero-order valence-electron chi connectivity index (χ0n) is 28.1. The van der Waals surface area contributed by atoms with Gasteiger partial charge in [0.2, 0.25) is 5.91 Å². The number of rotatable bonds is 13. The van der Waals surface area contributed by atoms with Crippen molar-refractivity contribution in [1.29, 1.82) is 0 Å². The van der Waals surface area contributed by atoms with Crippen LogP contribution in [0.2, 0.25) is 0 Å². The van der Waals surface area contributed by atoms with E-state index in [1.165, 1.54) is 23.1 Å². The van der Waals surface area contributed by atoms with Crippen LogP contribution in [0.5, 0.6) is 0 Å². The number of nitrogen functional groups attached to an aromatic ring is 1. The first-order chi connectivity index (χ1) is 22.8. The first kappa shape index (κ1) is 36.4. The van der Waals surface area contributed by atoms with E-state index in [2.05, 4.69) is 5.32 Å². The Balaban J connectivity index is 1.73. The molecule has 1 aliphatic rings. The van der Waals surface area contributed by atoms with Gasteiger partial charge in [-0.1, -0.05) is 62.2 Å². The Labute approximate surface area is 281 Å². The lowest BCUT2D eigenvalue weighted by Crippen LogP contribution is -2.51.